The van der Waals surface area contributed by atoms with Gasteiger partial charge in [0.05, 0.1) is 41.8 Å². The van der Waals surface area contributed by atoms with E-state index in [0.717, 1.165) is 9.87 Å². The Morgan fingerprint density at radius 3 is 2.29 bits per heavy atom. The molecule has 38 heavy (non-hydrogen) atoms. The Kier molecular flexibility index (Phi) is 8.12. The summed E-state index contributed by atoms with van der Waals surface area (Å²) >= 11 is 0. The quantitative estimate of drug-likeness (QED) is 0.313. The molecule has 0 spiro atoms. The van der Waals surface area contributed by atoms with E-state index in [4.69, 9.17) is 9.15 Å². The average molecular weight is 534 g/mol. The van der Waals surface area contributed by atoms with Crippen molar-refractivity contribution in [2.24, 2.45) is 0 Å². The highest BCUT2D eigenvalue weighted by molar-refractivity contribution is 7.92. The number of anilines is 2. The second-order valence-electron chi connectivity index (χ2n) is 8.38. The highest BCUT2D eigenvalue weighted by Gasteiger charge is 2.28. The Hall–Kier alpha value is -4.57. The topological polar surface area (TPSA) is 118 Å². The summed E-state index contributed by atoms with van der Waals surface area (Å²) in [5.74, 6) is 0.0512. The summed E-state index contributed by atoms with van der Waals surface area (Å²) in [6.07, 6.45) is 1.51. The fourth-order valence-electron chi connectivity index (χ4n) is 3.69. The number of rotatable bonds is 10. The average Bonchev–Trinajstić information content (AvgIpc) is 3.45. The van der Waals surface area contributed by atoms with E-state index < -0.39 is 28.4 Å². The number of para-hydroxylation sites is 1. The van der Waals surface area contributed by atoms with Crippen LogP contribution >= 0.6 is 0 Å². The molecule has 4 aromatic rings. The van der Waals surface area contributed by atoms with Crippen molar-refractivity contribution in [3.05, 3.63) is 108 Å². The summed E-state index contributed by atoms with van der Waals surface area (Å²) in [4.78, 5) is 26.0. The first-order valence-electron chi connectivity index (χ1n) is 11.7. The minimum Gasteiger partial charge on any atom is -0.497 e. The molecule has 0 radical (unpaired) electrons. The molecule has 4 rings (SSSR count). The molecule has 0 saturated carbocycles. The molecule has 0 aliphatic heterocycles. The Bertz CT molecular complexity index is 1500. The van der Waals surface area contributed by atoms with Gasteiger partial charge in [0.2, 0.25) is 5.91 Å². The van der Waals surface area contributed by atoms with Crippen LogP contribution in [0.5, 0.6) is 5.75 Å². The van der Waals surface area contributed by atoms with Crippen LogP contribution in [0.1, 0.15) is 21.7 Å². The van der Waals surface area contributed by atoms with Gasteiger partial charge in [-0.05, 0) is 67.6 Å². The zero-order chi connectivity index (χ0) is 27.1. The van der Waals surface area contributed by atoms with Crippen LogP contribution < -0.4 is 19.7 Å². The molecule has 0 aliphatic rings. The third-order valence-electron chi connectivity index (χ3n) is 5.71. The van der Waals surface area contributed by atoms with Crippen molar-refractivity contribution in [2.75, 3.05) is 23.3 Å². The molecule has 10 heteroatoms. The summed E-state index contributed by atoms with van der Waals surface area (Å²) < 4.78 is 38.6. The predicted molar refractivity (Wildman–Crippen MR) is 144 cm³/mol. The highest BCUT2D eigenvalue weighted by Crippen LogP contribution is 2.26. The Balaban J connectivity index is 1.57. The fourth-order valence-corrected chi connectivity index (χ4v) is 5.11. The Morgan fingerprint density at radius 1 is 0.921 bits per heavy atom. The Morgan fingerprint density at radius 2 is 1.63 bits per heavy atom. The number of hydrogen-bond donors (Lipinski definition) is 2. The number of methoxy groups -OCH3 is 1. The van der Waals surface area contributed by atoms with Gasteiger partial charge in [-0.15, -0.1) is 0 Å². The van der Waals surface area contributed by atoms with Crippen molar-refractivity contribution in [1.29, 1.82) is 0 Å². The zero-order valence-electron chi connectivity index (χ0n) is 20.9. The molecule has 9 nitrogen and oxygen atoms in total. The second-order valence-corrected chi connectivity index (χ2v) is 10.2. The van der Waals surface area contributed by atoms with Crippen LogP contribution in [0.25, 0.3) is 0 Å². The number of benzene rings is 3. The highest BCUT2D eigenvalue weighted by atomic mass is 32.2. The van der Waals surface area contributed by atoms with Gasteiger partial charge < -0.3 is 19.8 Å². The fraction of sp³-hybridized carbons (Fsp3) is 0.143. The molecule has 0 fully saturated rings. The number of furan rings is 1. The summed E-state index contributed by atoms with van der Waals surface area (Å²) in [6.45, 7) is 1.54. The molecule has 3 aromatic carbocycles. The number of carbonyl (C=O) groups is 2. The molecule has 0 atom stereocenters. The van der Waals surface area contributed by atoms with E-state index >= 15 is 0 Å². The number of ether oxygens (including phenoxy) is 1. The third kappa shape index (κ3) is 6.22. The van der Waals surface area contributed by atoms with Crippen LogP contribution in [0, 0.1) is 6.92 Å². The number of nitrogens with zero attached hydrogens (tertiary/aromatic N) is 1. The predicted octanol–water partition coefficient (Wildman–Crippen LogP) is 4.36. The monoisotopic (exact) mass is 533 g/mol. The molecule has 0 saturated heterocycles. The summed E-state index contributed by atoms with van der Waals surface area (Å²) in [5.41, 5.74) is 1.74. The molecule has 0 unspecified atom stereocenters. The lowest BCUT2D eigenvalue weighted by atomic mass is 10.1. The standard InChI is InChI=1S/C28H27N3O6S/c1-20-9-11-21(12-10-20)31(38(34,35)24-15-13-22(36-2)14-16-24)19-27(32)30-26-8-4-3-7-25(26)28(33)29-18-23-6-5-17-37-23/h3-17H,18-19H2,1-2H3,(H,29,33)(H,30,32). The maximum atomic E-state index is 13.6. The number of aryl methyl sites for hydroxylation is 1. The summed E-state index contributed by atoms with van der Waals surface area (Å²) in [6, 6.07) is 22.7. The van der Waals surface area contributed by atoms with E-state index in [1.165, 1.54) is 37.6 Å². The van der Waals surface area contributed by atoms with Crippen molar-refractivity contribution >= 4 is 33.2 Å². The lowest BCUT2D eigenvalue weighted by Crippen LogP contribution is -2.38. The van der Waals surface area contributed by atoms with Crippen LogP contribution in [0.15, 0.2) is 101 Å². The lowest BCUT2D eigenvalue weighted by Gasteiger charge is -2.24. The van der Waals surface area contributed by atoms with E-state index in [0.29, 0.717) is 17.2 Å². The summed E-state index contributed by atoms with van der Waals surface area (Å²) in [5, 5.41) is 5.43. The van der Waals surface area contributed by atoms with Gasteiger partial charge in [0.1, 0.15) is 18.1 Å². The zero-order valence-corrected chi connectivity index (χ0v) is 21.7. The molecule has 1 aromatic heterocycles. The van der Waals surface area contributed by atoms with Gasteiger partial charge in [0.25, 0.3) is 15.9 Å². The largest absolute Gasteiger partial charge is 0.497 e. The number of carbonyl (C=O) groups excluding carboxylic acids is 2. The third-order valence-corrected chi connectivity index (χ3v) is 7.49. The van der Waals surface area contributed by atoms with E-state index in [2.05, 4.69) is 10.6 Å². The van der Waals surface area contributed by atoms with Gasteiger partial charge in [0.15, 0.2) is 0 Å². The second kappa shape index (κ2) is 11.7. The van der Waals surface area contributed by atoms with E-state index in [-0.39, 0.29) is 22.7 Å². The van der Waals surface area contributed by atoms with Gasteiger partial charge in [-0.1, -0.05) is 29.8 Å². The molecular weight excluding hydrogens is 506 g/mol. The van der Waals surface area contributed by atoms with Crippen molar-refractivity contribution in [2.45, 2.75) is 18.4 Å². The number of amides is 2. The first kappa shape index (κ1) is 26.5. The van der Waals surface area contributed by atoms with Gasteiger partial charge >= 0.3 is 0 Å². The van der Waals surface area contributed by atoms with Crippen LogP contribution in [0.3, 0.4) is 0 Å². The van der Waals surface area contributed by atoms with Crippen molar-refractivity contribution in [1.82, 2.24) is 5.32 Å². The number of sulfonamides is 1. The maximum absolute atomic E-state index is 13.6. The van der Waals surface area contributed by atoms with Crippen LogP contribution in [-0.2, 0) is 21.4 Å². The molecule has 1 heterocycles. The minimum absolute atomic E-state index is 0.00405. The molecule has 0 bridgehead atoms. The molecular formula is C28H27N3O6S. The molecule has 2 amide bonds. The normalized spacial score (nSPS) is 11.0. The maximum Gasteiger partial charge on any atom is 0.264 e. The first-order chi connectivity index (χ1) is 18.3. The molecule has 196 valence electrons. The SMILES string of the molecule is COc1ccc(S(=O)(=O)N(CC(=O)Nc2ccccc2C(=O)NCc2ccco2)c2ccc(C)cc2)cc1. The number of hydrogen-bond acceptors (Lipinski definition) is 6. The summed E-state index contributed by atoms with van der Waals surface area (Å²) in [7, 11) is -2.62. The van der Waals surface area contributed by atoms with Crippen LogP contribution in [0.2, 0.25) is 0 Å². The van der Waals surface area contributed by atoms with Gasteiger partial charge in [0, 0.05) is 0 Å². The van der Waals surface area contributed by atoms with Crippen molar-refractivity contribution in [3.8, 4) is 5.75 Å². The first-order valence-corrected chi connectivity index (χ1v) is 13.1. The Labute approximate surface area is 221 Å². The van der Waals surface area contributed by atoms with E-state index in [1.54, 1.807) is 60.7 Å². The minimum atomic E-state index is -4.11. The smallest absolute Gasteiger partial charge is 0.264 e. The van der Waals surface area contributed by atoms with E-state index in [1.807, 2.05) is 6.92 Å². The lowest BCUT2D eigenvalue weighted by molar-refractivity contribution is -0.114. The van der Waals surface area contributed by atoms with Gasteiger partial charge in [-0.3, -0.25) is 13.9 Å². The van der Waals surface area contributed by atoms with Crippen LogP contribution in [-0.4, -0.2) is 33.9 Å². The van der Waals surface area contributed by atoms with E-state index in [9.17, 15) is 18.0 Å². The van der Waals surface area contributed by atoms with Crippen LogP contribution in [0.4, 0.5) is 11.4 Å². The number of nitrogens with one attached hydrogen (secondary N) is 2. The van der Waals surface area contributed by atoms with Gasteiger partial charge in [-0.25, -0.2) is 8.42 Å². The van der Waals surface area contributed by atoms with Gasteiger partial charge in [-0.2, -0.15) is 0 Å². The van der Waals surface area contributed by atoms with Crippen molar-refractivity contribution in [3.63, 3.8) is 0 Å². The molecule has 0 aliphatic carbocycles. The molecule has 2 N–H and O–H groups in total. The van der Waals surface area contributed by atoms with Crippen molar-refractivity contribution < 1.29 is 27.2 Å².